The monoisotopic (exact) mass is 408 g/mol. The highest BCUT2D eigenvalue weighted by Crippen LogP contribution is 2.36. The zero-order chi connectivity index (χ0) is 21.5. The van der Waals surface area contributed by atoms with E-state index in [1.165, 1.54) is 64.4 Å². The first-order valence-electron chi connectivity index (χ1n) is 11.3. The van der Waals surface area contributed by atoms with Crippen LogP contribution in [0.3, 0.4) is 0 Å². The highest BCUT2D eigenvalue weighted by atomic mass is 14.9. The summed E-state index contributed by atoms with van der Waals surface area (Å²) in [6.07, 6.45) is 11.3. The Bertz CT molecular complexity index is 1270. The average Bonchev–Trinajstić information content (AvgIpc) is 3.31. The fourth-order valence-corrected chi connectivity index (χ4v) is 5.18. The quantitative estimate of drug-likeness (QED) is 0.369. The van der Waals surface area contributed by atoms with E-state index < -0.39 is 0 Å². The van der Waals surface area contributed by atoms with E-state index in [1.54, 1.807) is 0 Å². The number of rotatable bonds is 3. The molecule has 31 heavy (non-hydrogen) atoms. The molecule has 0 spiro atoms. The molecule has 2 aromatic carbocycles. The van der Waals surface area contributed by atoms with Gasteiger partial charge in [-0.2, -0.15) is 4.57 Å². The first-order chi connectivity index (χ1) is 15.0. The van der Waals surface area contributed by atoms with Gasteiger partial charge in [0, 0.05) is 17.5 Å². The summed E-state index contributed by atoms with van der Waals surface area (Å²) in [6.45, 7) is 6.60. The summed E-state index contributed by atoms with van der Waals surface area (Å²) in [5, 5.41) is 2.47. The number of benzene rings is 2. The Morgan fingerprint density at radius 1 is 0.871 bits per heavy atom. The van der Waals surface area contributed by atoms with Crippen LogP contribution in [0.1, 0.15) is 54.0 Å². The van der Waals surface area contributed by atoms with Crippen molar-refractivity contribution in [1.82, 2.24) is 9.97 Å². The van der Waals surface area contributed by atoms with Gasteiger partial charge in [-0.1, -0.05) is 42.7 Å². The summed E-state index contributed by atoms with van der Waals surface area (Å²) < 4.78 is 2.26. The maximum absolute atomic E-state index is 4.86. The Morgan fingerprint density at radius 2 is 1.61 bits per heavy atom. The van der Waals surface area contributed by atoms with Crippen LogP contribution in [0, 0.1) is 20.8 Å². The molecular formula is C28H30N3+. The zero-order valence-electron chi connectivity index (χ0n) is 18.9. The molecule has 3 nitrogen and oxygen atoms in total. The molecule has 0 aliphatic heterocycles. The van der Waals surface area contributed by atoms with Gasteiger partial charge in [0.2, 0.25) is 5.69 Å². The fourth-order valence-electron chi connectivity index (χ4n) is 5.18. The molecule has 1 saturated carbocycles. The van der Waals surface area contributed by atoms with Crippen molar-refractivity contribution in [2.75, 3.05) is 0 Å². The van der Waals surface area contributed by atoms with Crippen LogP contribution in [-0.4, -0.2) is 9.97 Å². The molecule has 0 unspecified atom stereocenters. The Balaban J connectivity index is 1.68. The van der Waals surface area contributed by atoms with E-state index in [-0.39, 0.29) is 0 Å². The molecule has 0 amide bonds. The predicted octanol–water partition coefficient (Wildman–Crippen LogP) is 6.37. The second-order valence-electron chi connectivity index (χ2n) is 9.11. The van der Waals surface area contributed by atoms with E-state index in [0.29, 0.717) is 5.92 Å². The van der Waals surface area contributed by atoms with Gasteiger partial charge in [-0.05, 0) is 56.9 Å². The molecule has 0 radical (unpaired) electrons. The summed E-state index contributed by atoms with van der Waals surface area (Å²) in [6, 6.07) is 13.2. The highest BCUT2D eigenvalue weighted by Gasteiger charge is 2.23. The SMILES string of the molecule is Cc1cc(C)c(C)c(-c2c3ccccc3c(-c3cnc(C4CCCC4)cn3)c[n+]2C)c1. The number of fused-ring (bicyclic) bond motifs is 1. The number of nitrogens with zero attached hydrogens (tertiary/aromatic N) is 3. The second kappa shape index (κ2) is 7.88. The molecule has 0 bridgehead atoms. The molecule has 156 valence electrons. The molecule has 1 fully saturated rings. The van der Waals surface area contributed by atoms with E-state index in [1.807, 2.05) is 12.4 Å². The minimum atomic E-state index is 0.587. The van der Waals surface area contributed by atoms with Gasteiger partial charge in [-0.15, -0.1) is 0 Å². The van der Waals surface area contributed by atoms with Gasteiger partial charge in [-0.25, -0.2) is 0 Å². The van der Waals surface area contributed by atoms with Gasteiger partial charge in [-0.3, -0.25) is 9.97 Å². The first-order valence-corrected chi connectivity index (χ1v) is 11.3. The van der Waals surface area contributed by atoms with Gasteiger partial charge in [0.05, 0.1) is 34.1 Å². The van der Waals surface area contributed by atoms with Gasteiger partial charge in [0.15, 0.2) is 6.20 Å². The maximum atomic E-state index is 4.86. The van der Waals surface area contributed by atoms with E-state index in [9.17, 15) is 0 Å². The lowest BCUT2D eigenvalue weighted by atomic mass is 9.93. The summed E-state index contributed by atoms with van der Waals surface area (Å²) >= 11 is 0. The molecule has 1 aliphatic carbocycles. The van der Waals surface area contributed by atoms with Crippen LogP contribution in [-0.2, 0) is 7.05 Å². The lowest BCUT2D eigenvalue weighted by molar-refractivity contribution is -0.658. The van der Waals surface area contributed by atoms with Crippen molar-refractivity contribution in [3.8, 4) is 22.5 Å². The van der Waals surface area contributed by atoms with Crippen molar-refractivity contribution in [2.24, 2.45) is 7.05 Å². The largest absolute Gasteiger partial charge is 0.257 e. The molecule has 0 saturated heterocycles. The van der Waals surface area contributed by atoms with Gasteiger partial charge < -0.3 is 0 Å². The Morgan fingerprint density at radius 3 is 2.32 bits per heavy atom. The van der Waals surface area contributed by atoms with Crippen molar-refractivity contribution in [3.05, 3.63) is 77.4 Å². The van der Waals surface area contributed by atoms with E-state index in [0.717, 1.165) is 17.0 Å². The Labute approximate surface area is 184 Å². The summed E-state index contributed by atoms with van der Waals surface area (Å²) in [5.41, 5.74) is 9.73. The van der Waals surface area contributed by atoms with Crippen LogP contribution < -0.4 is 4.57 Å². The molecule has 5 rings (SSSR count). The predicted molar refractivity (Wildman–Crippen MR) is 127 cm³/mol. The molecule has 0 atom stereocenters. The van der Waals surface area contributed by atoms with E-state index in [4.69, 9.17) is 9.97 Å². The molecule has 2 aromatic heterocycles. The van der Waals surface area contributed by atoms with Crippen LogP contribution >= 0.6 is 0 Å². The van der Waals surface area contributed by atoms with Crippen LogP contribution in [0.25, 0.3) is 33.3 Å². The van der Waals surface area contributed by atoms with Crippen molar-refractivity contribution < 1.29 is 4.57 Å². The van der Waals surface area contributed by atoms with Crippen molar-refractivity contribution in [3.63, 3.8) is 0 Å². The number of aromatic nitrogens is 3. The number of hydrogen-bond donors (Lipinski definition) is 0. The number of hydrogen-bond acceptors (Lipinski definition) is 2. The summed E-state index contributed by atoms with van der Waals surface area (Å²) in [7, 11) is 2.14. The average molecular weight is 409 g/mol. The van der Waals surface area contributed by atoms with Crippen LogP contribution in [0.2, 0.25) is 0 Å². The molecule has 3 heteroatoms. The Kier molecular flexibility index (Phi) is 5.05. The molecule has 0 N–H and O–H groups in total. The second-order valence-corrected chi connectivity index (χ2v) is 9.11. The van der Waals surface area contributed by atoms with Crippen molar-refractivity contribution in [2.45, 2.75) is 52.4 Å². The third-order valence-electron chi connectivity index (χ3n) is 6.94. The summed E-state index contributed by atoms with van der Waals surface area (Å²) in [5.74, 6) is 0.587. The standard InChI is InChI=1S/C28H30N3/c1-18-13-19(2)20(3)24(14-18)28-23-12-8-7-11-22(23)25(17-31(28)4)27-16-29-26(15-30-27)21-9-5-6-10-21/h7-8,11-17,21H,5-6,9-10H2,1-4H3/q+1. The van der Waals surface area contributed by atoms with Crippen LogP contribution in [0.4, 0.5) is 0 Å². The topological polar surface area (TPSA) is 29.7 Å². The fraction of sp³-hybridized carbons (Fsp3) is 0.321. The Hall–Kier alpha value is -3.07. The number of pyridine rings is 1. The lowest BCUT2D eigenvalue weighted by Crippen LogP contribution is -2.31. The summed E-state index contributed by atoms with van der Waals surface area (Å²) in [4.78, 5) is 9.68. The molecule has 1 aliphatic rings. The normalized spacial score (nSPS) is 14.5. The van der Waals surface area contributed by atoms with Gasteiger partial charge in [0.1, 0.15) is 7.05 Å². The third kappa shape index (κ3) is 3.52. The molecular weight excluding hydrogens is 378 g/mol. The first kappa shape index (κ1) is 19.9. The molecule has 4 aromatic rings. The third-order valence-corrected chi connectivity index (χ3v) is 6.94. The van der Waals surface area contributed by atoms with Crippen molar-refractivity contribution >= 4 is 10.8 Å². The number of aryl methyl sites for hydroxylation is 3. The van der Waals surface area contributed by atoms with Crippen LogP contribution in [0.5, 0.6) is 0 Å². The van der Waals surface area contributed by atoms with Crippen LogP contribution in [0.15, 0.2) is 55.0 Å². The molecule has 2 heterocycles. The minimum absolute atomic E-state index is 0.587. The maximum Gasteiger partial charge on any atom is 0.220 e. The zero-order valence-corrected chi connectivity index (χ0v) is 18.9. The lowest BCUT2D eigenvalue weighted by Gasteiger charge is -2.14. The van der Waals surface area contributed by atoms with Gasteiger partial charge in [0.25, 0.3) is 0 Å². The van der Waals surface area contributed by atoms with Crippen molar-refractivity contribution in [1.29, 1.82) is 0 Å². The highest BCUT2D eigenvalue weighted by molar-refractivity contribution is 6.01. The smallest absolute Gasteiger partial charge is 0.220 e. The van der Waals surface area contributed by atoms with E-state index in [2.05, 4.69) is 75.0 Å². The van der Waals surface area contributed by atoms with Gasteiger partial charge >= 0.3 is 0 Å². The minimum Gasteiger partial charge on any atom is -0.257 e. The van der Waals surface area contributed by atoms with E-state index >= 15 is 0 Å².